The Balaban J connectivity index is 1.67. The van der Waals surface area contributed by atoms with E-state index in [-0.39, 0.29) is 10.8 Å². The number of amides is 1. The van der Waals surface area contributed by atoms with Gasteiger partial charge in [0, 0.05) is 18.8 Å². The monoisotopic (exact) mass is 373 g/mol. The molecule has 138 valence electrons. The Hall–Kier alpha value is -2.22. The van der Waals surface area contributed by atoms with E-state index in [9.17, 15) is 13.2 Å². The van der Waals surface area contributed by atoms with Gasteiger partial charge in [-0.2, -0.15) is 0 Å². The van der Waals surface area contributed by atoms with E-state index in [2.05, 4.69) is 24.3 Å². The largest absolute Gasteiger partial charge is 0.311 e. The molecule has 0 atom stereocenters. The summed E-state index contributed by atoms with van der Waals surface area (Å²) < 4.78 is 23.0. The fourth-order valence-electron chi connectivity index (χ4n) is 3.19. The second kappa shape index (κ2) is 7.19. The molecule has 0 fully saturated rings. The predicted molar refractivity (Wildman–Crippen MR) is 101 cm³/mol. The van der Waals surface area contributed by atoms with Crippen molar-refractivity contribution in [3.8, 4) is 0 Å². The van der Waals surface area contributed by atoms with Crippen molar-refractivity contribution >= 4 is 21.6 Å². The normalized spacial score (nSPS) is 13.9. The second-order valence-electron chi connectivity index (χ2n) is 6.79. The number of fused-ring (bicyclic) bond motifs is 1. The van der Waals surface area contributed by atoms with Crippen molar-refractivity contribution in [2.24, 2.45) is 5.14 Å². The number of carbonyl (C=O) groups excluding carboxylic acids is 1. The summed E-state index contributed by atoms with van der Waals surface area (Å²) in [5.74, 6) is 0.00159. The minimum absolute atomic E-state index is 0.00159. The molecular weight excluding hydrogens is 350 g/mol. The molecule has 0 unspecified atom stereocenters. The van der Waals surface area contributed by atoms with Gasteiger partial charge in [-0.25, -0.2) is 13.6 Å². The number of likely N-dealkylation sites (N-methyl/N-ethyl adjacent to an activating group) is 1. The first-order valence-electron chi connectivity index (χ1n) is 8.44. The third kappa shape index (κ3) is 4.12. The number of nitrogens with two attached hydrogens (primary N) is 1. The number of primary sulfonamides is 1. The van der Waals surface area contributed by atoms with Crippen LogP contribution in [0, 0.1) is 6.92 Å². The summed E-state index contributed by atoms with van der Waals surface area (Å²) in [5.41, 5.74) is 3.97. The molecule has 0 spiro atoms. The number of nitrogens with zero attached hydrogens (tertiary/aromatic N) is 2. The van der Waals surface area contributed by atoms with Crippen LogP contribution in [-0.4, -0.2) is 39.4 Å². The van der Waals surface area contributed by atoms with E-state index in [0.29, 0.717) is 26.1 Å². The molecule has 2 aromatic carbocycles. The van der Waals surface area contributed by atoms with Crippen molar-refractivity contribution < 1.29 is 13.2 Å². The molecule has 26 heavy (non-hydrogen) atoms. The average molecular weight is 373 g/mol. The fraction of sp³-hybridized carbons (Fsp3) is 0.316. The molecule has 2 N–H and O–H groups in total. The van der Waals surface area contributed by atoms with Gasteiger partial charge in [0.25, 0.3) is 0 Å². The van der Waals surface area contributed by atoms with Gasteiger partial charge in [0.1, 0.15) is 0 Å². The van der Waals surface area contributed by atoms with Crippen molar-refractivity contribution in [3.05, 3.63) is 59.2 Å². The highest BCUT2D eigenvalue weighted by molar-refractivity contribution is 7.89. The number of hydrogen-bond acceptors (Lipinski definition) is 4. The molecule has 0 radical (unpaired) electrons. The van der Waals surface area contributed by atoms with Crippen LogP contribution in [0.5, 0.6) is 0 Å². The quantitative estimate of drug-likeness (QED) is 0.864. The molecule has 0 bridgehead atoms. The minimum atomic E-state index is -3.73. The van der Waals surface area contributed by atoms with Gasteiger partial charge in [-0.15, -0.1) is 0 Å². The van der Waals surface area contributed by atoms with E-state index in [4.69, 9.17) is 5.14 Å². The van der Waals surface area contributed by atoms with E-state index in [1.807, 2.05) is 18.9 Å². The van der Waals surface area contributed by atoms with Crippen LogP contribution in [0.4, 0.5) is 5.69 Å². The van der Waals surface area contributed by atoms with Crippen LogP contribution < -0.4 is 10.0 Å². The highest BCUT2D eigenvalue weighted by Crippen LogP contribution is 2.30. The number of carbonyl (C=O) groups is 1. The number of aryl methyl sites for hydroxylation is 1. The van der Waals surface area contributed by atoms with E-state index < -0.39 is 10.0 Å². The first kappa shape index (κ1) is 18.6. The number of anilines is 1. The standard InChI is InChI=1S/C19H23N3O3S/c1-14-3-5-15(6-4-14)12-21(2)13-19(23)22-10-9-16-11-17(26(20,24)25)7-8-18(16)22/h3-8,11H,9-10,12-13H2,1-2H3,(H2,20,24,25). The van der Waals surface area contributed by atoms with Gasteiger partial charge >= 0.3 is 0 Å². The Morgan fingerprint density at radius 2 is 1.88 bits per heavy atom. The molecule has 1 aliphatic rings. The van der Waals surface area contributed by atoms with Crippen LogP contribution in [0.25, 0.3) is 0 Å². The van der Waals surface area contributed by atoms with E-state index >= 15 is 0 Å². The smallest absolute Gasteiger partial charge is 0.241 e. The molecule has 0 aliphatic carbocycles. The maximum atomic E-state index is 12.7. The molecule has 3 rings (SSSR count). The summed E-state index contributed by atoms with van der Waals surface area (Å²) in [4.78, 5) is 16.5. The zero-order valence-electron chi connectivity index (χ0n) is 15.0. The first-order valence-corrected chi connectivity index (χ1v) is 9.99. The molecular formula is C19H23N3O3S. The van der Waals surface area contributed by atoms with Crippen LogP contribution in [0.3, 0.4) is 0 Å². The van der Waals surface area contributed by atoms with Gasteiger partial charge < -0.3 is 4.90 Å². The highest BCUT2D eigenvalue weighted by Gasteiger charge is 2.26. The lowest BCUT2D eigenvalue weighted by Gasteiger charge is -2.22. The van der Waals surface area contributed by atoms with Crippen LogP contribution in [-0.2, 0) is 27.8 Å². The molecule has 1 heterocycles. The molecule has 6 nitrogen and oxygen atoms in total. The lowest BCUT2D eigenvalue weighted by molar-refractivity contribution is -0.119. The summed E-state index contributed by atoms with van der Waals surface area (Å²) in [7, 11) is -1.81. The number of hydrogen-bond donors (Lipinski definition) is 1. The lowest BCUT2D eigenvalue weighted by Crippen LogP contribution is -2.37. The Bertz CT molecular complexity index is 924. The summed E-state index contributed by atoms with van der Waals surface area (Å²) in [5, 5.41) is 5.18. The zero-order valence-corrected chi connectivity index (χ0v) is 15.8. The van der Waals surface area contributed by atoms with E-state index in [1.165, 1.54) is 11.6 Å². The van der Waals surface area contributed by atoms with Gasteiger partial charge in [-0.3, -0.25) is 9.69 Å². The molecule has 1 aliphatic heterocycles. The molecule has 1 amide bonds. The summed E-state index contributed by atoms with van der Waals surface area (Å²) >= 11 is 0. The lowest BCUT2D eigenvalue weighted by atomic mass is 10.1. The van der Waals surface area contributed by atoms with Crippen molar-refractivity contribution in [3.63, 3.8) is 0 Å². The topological polar surface area (TPSA) is 83.7 Å². The van der Waals surface area contributed by atoms with Crippen LogP contribution >= 0.6 is 0 Å². The Kier molecular flexibility index (Phi) is 5.13. The van der Waals surface area contributed by atoms with Crippen LogP contribution in [0.2, 0.25) is 0 Å². The van der Waals surface area contributed by atoms with E-state index in [0.717, 1.165) is 16.8 Å². The number of sulfonamides is 1. The van der Waals surface area contributed by atoms with E-state index in [1.54, 1.807) is 17.0 Å². The third-order valence-electron chi connectivity index (χ3n) is 4.55. The Morgan fingerprint density at radius 1 is 1.19 bits per heavy atom. The Labute approximate surface area is 154 Å². The average Bonchev–Trinajstić information content (AvgIpc) is 2.99. The summed E-state index contributed by atoms with van der Waals surface area (Å²) in [6.07, 6.45) is 0.631. The number of rotatable bonds is 5. The second-order valence-corrected chi connectivity index (χ2v) is 8.35. The van der Waals surface area contributed by atoms with Crippen molar-refractivity contribution in [2.45, 2.75) is 24.8 Å². The van der Waals surface area contributed by atoms with Gasteiger partial charge in [0.2, 0.25) is 15.9 Å². The minimum Gasteiger partial charge on any atom is -0.311 e. The summed E-state index contributed by atoms with van der Waals surface area (Å²) in [6, 6.07) is 12.9. The SMILES string of the molecule is Cc1ccc(CN(C)CC(=O)N2CCc3cc(S(N)(=O)=O)ccc32)cc1. The highest BCUT2D eigenvalue weighted by atomic mass is 32.2. The van der Waals surface area contributed by atoms with Crippen molar-refractivity contribution in [1.82, 2.24) is 4.90 Å². The fourth-order valence-corrected chi connectivity index (χ4v) is 3.76. The molecule has 0 saturated carbocycles. The Morgan fingerprint density at radius 3 is 2.54 bits per heavy atom. The molecule has 0 saturated heterocycles. The zero-order chi connectivity index (χ0) is 18.9. The van der Waals surface area contributed by atoms with Gasteiger partial charge in [0.05, 0.1) is 11.4 Å². The maximum Gasteiger partial charge on any atom is 0.241 e. The molecule has 2 aromatic rings. The summed E-state index contributed by atoms with van der Waals surface area (Å²) in [6.45, 7) is 3.59. The molecule has 0 aromatic heterocycles. The van der Waals surface area contributed by atoms with Crippen molar-refractivity contribution in [2.75, 3.05) is 25.0 Å². The third-order valence-corrected chi connectivity index (χ3v) is 5.47. The molecule has 7 heteroatoms. The van der Waals surface area contributed by atoms with Gasteiger partial charge in [0.15, 0.2) is 0 Å². The van der Waals surface area contributed by atoms with Gasteiger partial charge in [-0.1, -0.05) is 29.8 Å². The van der Waals surface area contributed by atoms with Crippen LogP contribution in [0.1, 0.15) is 16.7 Å². The predicted octanol–water partition coefficient (Wildman–Crippen LogP) is 1.66. The maximum absolute atomic E-state index is 12.7. The van der Waals surface area contributed by atoms with Crippen LogP contribution in [0.15, 0.2) is 47.4 Å². The van der Waals surface area contributed by atoms with Crippen molar-refractivity contribution in [1.29, 1.82) is 0 Å². The first-order chi connectivity index (χ1) is 12.2. The van der Waals surface area contributed by atoms with Gasteiger partial charge in [-0.05, 0) is 49.7 Å². The number of benzene rings is 2.